The van der Waals surface area contributed by atoms with E-state index in [1.165, 1.54) is 63.4 Å². The van der Waals surface area contributed by atoms with Gasteiger partial charge in [0.1, 0.15) is 17.8 Å². The normalized spacial score (nSPS) is 35.3. The van der Waals surface area contributed by atoms with Gasteiger partial charge in [-0.05, 0) is 118 Å². The third-order valence-electron chi connectivity index (χ3n) is 14.3. The van der Waals surface area contributed by atoms with E-state index in [1.807, 2.05) is 0 Å². The highest BCUT2D eigenvalue weighted by atomic mass is 16.5. The standard InChI is InChI=1S/C46H76O4/c1-8-9-10-11-12-13-14-15-16-17-18-19-20-21-22-23-43(48)50-37-28-31-45(7)41-29-30-44(6)39(36(5)25-24-35(4)34(2)3)26-27-40(44)38(41)32-42(47)46(45,49)33-37/h12-13,15-16,24-25,32,34-37,39-42,47,49H,8-11,14,17-23,26-31,33H2,1-7H3/b13-12?,16-15?,25-24-/t35-,36+,37-,39+,40-,41-,42-,44+,45+,46-/m0/s1. The molecule has 3 saturated carbocycles. The van der Waals surface area contributed by atoms with Gasteiger partial charge in [-0.1, -0.05) is 129 Å². The molecule has 0 aromatic rings. The zero-order valence-corrected chi connectivity index (χ0v) is 33.3. The topological polar surface area (TPSA) is 66.8 Å². The molecule has 4 aliphatic rings. The van der Waals surface area contributed by atoms with Gasteiger partial charge in [0, 0.05) is 18.3 Å². The van der Waals surface area contributed by atoms with Crippen molar-refractivity contribution in [1.82, 2.24) is 0 Å². The number of carbonyl (C=O) groups excluding carboxylic acids is 1. The van der Waals surface area contributed by atoms with Crippen molar-refractivity contribution >= 4 is 5.97 Å². The number of hydrogen-bond acceptors (Lipinski definition) is 4. The van der Waals surface area contributed by atoms with Gasteiger partial charge in [-0.2, -0.15) is 0 Å². The van der Waals surface area contributed by atoms with Crippen LogP contribution in [0, 0.1) is 46.3 Å². The van der Waals surface area contributed by atoms with E-state index in [4.69, 9.17) is 4.74 Å². The lowest BCUT2D eigenvalue weighted by Gasteiger charge is -2.62. The Hall–Kier alpha value is -1.65. The summed E-state index contributed by atoms with van der Waals surface area (Å²) in [5.74, 6) is 3.04. The average molecular weight is 693 g/mol. The summed E-state index contributed by atoms with van der Waals surface area (Å²) in [4.78, 5) is 12.9. The molecule has 284 valence electrons. The van der Waals surface area contributed by atoms with Crippen molar-refractivity contribution in [2.24, 2.45) is 46.3 Å². The lowest BCUT2D eigenvalue weighted by molar-refractivity contribution is -0.216. The molecule has 3 fully saturated rings. The Morgan fingerprint density at radius 2 is 1.54 bits per heavy atom. The fourth-order valence-electron chi connectivity index (χ4n) is 10.6. The van der Waals surface area contributed by atoms with Gasteiger partial charge in [0.15, 0.2) is 0 Å². The highest BCUT2D eigenvalue weighted by Crippen LogP contribution is 2.67. The van der Waals surface area contributed by atoms with Crippen LogP contribution in [-0.2, 0) is 9.53 Å². The predicted molar refractivity (Wildman–Crippen MR) is 210 cm³/mol. The first-order valence-corrected chi connectivity index (χ1v) is 21.2. The van der Waals surface area contributed by atoms with Crippen LogP contribution in [-0.4, -0.2) is 34.0 Å². The van der Waals surface area contributed by atoms with Crippen LogP contribution < -0.4 is 0 Å². The summed E-state index contributed by atoms with van der Waals surface area (Å²) < 4.78 is 5.98. The molecule has 4 rings (SSSR count). The summed E-state index contributed by atoms with van der Waals surface area (Å²) in [5.41, 5.74) is -0.0208. The van der Waals surface area contributed by atoms with Crippen molar-refractivity contribution in [3.05, 3.63) is 48.1 Å². The molecular weight excluding hydrogens is 617 g/mol. The maximum absolute atomic E-state index is 12.9. The van der Waals surface area contributed by atoms with E-state index in [0.29, 0.717) is 42.4 Å². The molecule has 0 heterocycles. The van der Waals surface area contributed by atoms with E-state index in [9.17, 15) is 15.0 Å². The molecule has 4 aliphatic carbocycles. The molecule has 0 radical (unpaired) electrons. The van der Waals surface area contributed by atoms with Gasteiger partial charge in [-0.15, -0.1) is 0 Å². The Balaban J connectivity index is 1.21. The number of ether oxygens (including phenoxy) is 1. The molecule has 0 aromatic heterocycles. The Bertz CT molecular complexity index is 1180. The van der Waals surface area contributed by atoms with Crippen LogP contribution in [0.2, 0.25) is 0 Å². The number of carbonyl (C=O) groups is 1. The quantitative estimate of drug-likeness (QED) is 0.0803. The first-order valence-electron chi connectivity index (χ1n) is 21.2. The first kappa shape index (κ1) is 41.1. The van der Waals surface area contributed by atoms with Gasteiger partial charge < -0.3 is 14.9 Å². The zero-order chi connectivity index (χ0) is 36.4. The number of aliphatic hydroxyl groups is 2. The summed E-state index contributed by atoms with van der Waals surface area (Å²) in [7, 11) is 0. The summed E-state index contributed by atoms with van der Waals surface area (Å²) >= 11 is 0. The maximum Gasteiger partial charge on any atom is 0.306 e. The lowest BCUT2D eigenvalue weighted by Crippen LogP contribution is -2.65. The van der Waals surface area contributed by atoms with Gasteiger partial charge in [0.2, 0.25) is 0 Å². The lowest BCUT2D eigenvalue weighted by atomic mass is 9.45. The Kier molecular flexibility index (Phi) is 15.5. The SMILES string of the molecule is CCCCCC=CCC=CCCCCCCCC(=O)O[C@H]1CC[C@]2(C)[C@H]3CC[C@]4(C)[C@@H]([C@H](C)/C=C\[C@H](C)C(C)C)CC[C@H]4C3=C[C@H](O)[C@@]2(O)C1. The summed E-state index contributed by atoms with van der Waals surface area (Å²) in [6.07, 6.45) is 34.6. The first-order chi connectivity index (χ1) is 23.9. The van der Waals surface area contributed by atoms with E-state index in [0.717, 1.165) is 51.4 Å². The number of allylic oxidation sites excluding steroid dienone is 7. The van der Waals surface area contributed by atoms with E-state index in [2.05, 4.69) is 91.0 Å². The van der Waals surface area contributed by atoms with Crippen LogP contribution in [0.5, 0.6) is 0 Å². The third kappa shape index (κ3) is 9.66. The molecule has 0 spiro atoms. The molecule has 0 saturated heterocycles. The molecule has 4 heteroatoms. The largest absolute Gasteiger partial charge is 0.462 e. The molecule has 0 bridgehead atoms. The van der Waals surface area contributed by atoms with Gasteiger partial charge in [-0.25, -0.2) is 0 Å². The van der Waals surface area contributed by atoms with Gasteiger partial charge >= 0.3 is 5.97 Å². The highest BCUT2D eigenvalue weighted by Gasteiger charge is 2.65. The van der Waals surface area contributed by atoms with Crippen molar-refractivity contribution in [1.29, 1.82) is 0 Å². The van der Waals surface area contributed by atoms with E-state index >= 15 is 0 Å². The Morgan fingerprint density at radius 3 is 2.24 bits per heavy atom. The zero-order valence-electron chi connectivity index (χ0n) is 33.3. The van der Waals surface area contributed by atoms with Gasteiger partial charge in [0.25, 0.3) is 0 Å². The van der Waals surface area contributed by atoms with E-state index in [-0.39, 0.29) is 23.4 Å². The molecular formula is C46H76O4. The second-order valence-electron chi connectivity index (χ2n) is 18.0. The van der Waals surface area contributed by atoms with Crippen molar-refractivity contribution in [3.8, 4) is 0 Å². The van der Waals surface area contributed by atoms with Crippen molar-refractivity contribution in [2.45, 2.75) is 188 Å². The minimum absolute atomic E-state index is 0.147. The minimum atomic E-state index is -1.27. The van der Waals surface area contributed by atoms with Gasteiger partial charge in [0.05, 0.1) is 0 Å². The van der Waals surface area contributed by atoms with Crippen molar-refractivity contribution in [3.63, 3.8) is 0 Å². The van der Waals surface area contributed by atoms with Crippen LogP contribution in [0.3, 0.4) is 0 Å². The van der Waals surface area contributed by atoms with E-state index < -0.39 is 17.1 Å². The average Bonchev–Trinajstić information content (AvgIpc) is 3.44. The molecule has 10 atom stereocenters. The van der Waals surface area contributed by atoms with Crippen LogP contribution >= 0.6 is 0 Å². The third-order valence-corrected chi connectivity index (χ3v) is 14.3. The molecule has 0 unspecified atom stereocenters. The maximum atomic E-state index is 12.9. The van der Waals surface area contributed by atoms with Crippen LogP contribution in [0.15, 0.2) is 48.1 Å². The van der Waals surface area contributed by atoms with Crippen LogP contribution in [0.4, 0.5) is 0 Å². The second kappa shape index (κ2) is 18.9. The Morgan fingerprint density at radius 1 is 0.860 bits per heavy atom. The fraction of sp³-hybridized carbons (Fsp3) is 0.804. The molecule has 0 amide bonds. The molecule has 50 heavy (non-hydrogen) atoms. The number of fused-ring (bicyclic) bond motifs is 5. The number of hydrogen-bond donors (Lipinski definition) is 2. The summed E-state index contributed by atoms with van der Waals surface area (Å²) in [6.45, 7) is 16.3. The van der Waals surface area contributed by atoms with Gasteiger partial charge in [-0.3, -0.25) is 4.79 Å². The predicted octanol–water partition coefficient (Wildman–Crippen LogP) is 11.9. The second-order valence-corrected chi connectivity index (χ2v) is 18.0. The molecule has 2 N–H and O–H groups in total. The molecule has 0 aliphatic heterocycles. The number of esters is 1. The number of rotatable bonds is 19. The monoisotopic (exact) mass is 693 g/mol. The molecule has 4 nitrogen and oxygen atoms in total. The van der Waals surface area contributed by atoms with Crippen molar-refractivity contribution < 1.29 is 19.7 Å². The molecule has 0 aromatic carbocycles. The highest BCUT2D eigenvalue weighted by molar-refractivity contribution is 5.69. The van der Waals surface area contributed by atoms with Crippen LogP contribution in [0.1, 0.15) is 170 Å². The van der Waals surface area contributed by atoms with E-state index in [1.54, 1.807) is 0 Å². The van der Waals surface area contributed by atoms with Crippen molar-refractivity contribution in [2.75, 3.05) is 0 Å². The Labute approximate surface area is 307 Å². The minimum Gasteiger partial charge on any atom is -0.462 e. The fourth-order valence-corrected chi connectivity index (χ4v) is 10.6. The smallest absolute Gasteiger partial charge is 0.306 e. The summed E-state index contributed by atoms with van der Waals surface area (Å²) in [5, 5.41) is 23.9. The number of unbranched alkanes of at least 4 members (excludes halogenated alkanes) is 8. The summed E-state index contributed by atoms with van der Waals surface area (Å²) in [6, 6.07) is 0. The number of aliphatic hydroxyl groups excluding tert-OH is 1. The van der Waals surface area contributed by atoms with Crippen LogP contribution in [0.25, 0.3) is 0 Å².